The first-order valence-electron chi connectivity index (χ1n) is 7.53. The first-order chi connectivity index (χ1) is 11.6. The third-order valence-corrected chi connectivity index (χ3v) is 3.85. The number of H-pyrrole nitrogens is 1. The molecule has 132 valence electrons. The van der Waals surface area contributed by atoms with Crippen molar-refractivity contribution in [2.45, 2.75) is 33.8 Å². The van der Waals surface area contributed by atoms with Gasteiger partial charge >= 0.3 is 5.97 Å². The number of hydrogen-bond acceptors (Lipinski definition) is 4. The van der Waals surface area contributed by atoms with Gasteiger partial charge in [-0.1, -0.05) is 0 Å². The van der Waals surface area contributed by atoms with E-state index in [1.165, 1.54) is 13.8 Å². The Balaban J connectivity index is 2.20. The van der Waals surface area contributed by atoms with Crippen molar-refractivity contribution < 1.29 is 27.9 Å². The molecule has 1 atom stereocenters. The number of aryl methyl sites for hydroxylation is 1. The lowest BCUT2D eigenvalue weighted by molar-refractivity contribution is 0.0313. The minimum absolute atomic E-state index is 0.0765. The molecule has 1 aromatic carbocycles. The third-order valence-electron chi connectivity index (χ3n) is 3.85. The van der Waals surface area contributed by atoms with Crippen LogP contribution in [0.3, 0.4) is 0 Å². The van der Waals surface area contributed by atoms with E-state index in [9.17, 15) is 23.2 Å². The molecule has 0 aliphatic rings. The lowest BCUT2D eigenvalue weighted by Crippen LogP contribution is -2.25. The molecule has 1 heterocycles. The highest BCUT2D eigenvalue weighted by molar-refractivity contribution is 6.03. The maximum Gasteiger partial charge on any atom is 0.355 e. The number of ketones is 2. The van der Waals surface area contributed by atoms with Gasteiger partial charge in [-0.15, -0.1) is 0 Å². The van der Waals surface area contributed by atoms with E-state index in [1.54, 1.807) is 13.8 Å². The van der Waals surface area contributed by atoms with E-state index in [1.807, 2.05) is 0 Å². The Labute approximate surface area is 143 Å². The molecule has 0 fully saturated rings. The van der Waals surface area contributed by atoms with Gasteiger partial charge in [-0.2, -0.15) is 0 Å². The molecule has 0 saturated heterocycles. The summed E-state index contributed by atoms with van der Waals surface area (Å²) in [6, 6.07) is 2.69. The summed E-state index contributed by atoms with van der Waals surface area (Å²) >= 11 is 0. The number of nitrogens with one attached hydrogen (secondary N) is 1. The van der Waals surface area contributed by atoms with Crippen molar-refractivity contribution in [3.8, 4) is 0 Å². The summed E-state index contributed by atoms with van der Waals surface area (Å²) in [6.07, 6.45) is -1.21. The molecule has 5 nitrogen and oxygen atoms in total. The normalized spacial score (nSPS) is 11.9. The molecular weight excluding hydrogens is 332 g/mol. The van der Waals surface area contributed by atoms with Crippen LogP contribution in [-0.2, 0) is 4.74 Å². The van der Waals surface area contributed by atoms with Gasteiger partial charge < -0.3 is 9.72 Å². The minimum atomic E-state index is -1.21. The average molecular weight is 349 g/mol. The van der Waals surface area contributed by atoms with E-state index in [2.05, 4.69) is 4.98 Å². The van der Waals surface area contributed by atoms with Crippen molar-refractivity contribution in [2.24, 2.45) is 0 Å². The van der Waals surface area contributed by atoms with Gasteiger partial charge in [0.15, 0.2) is 23.5 Å². The Bertz CT molecular complexity index is 870. The second-order valence-corrected chi connectivity index (χ2v) is 5.72. The Morgan fingerprint density at radius 1 is 1.12 bits per heavy atom. The van der Waals surface area contributed by atoms with Crippen molar-refractivity contribution in [3.63, 3.8) is 0 Å². The Morgan fingerprint density at radius 3 is 2.28 bits per heavy atom. The number of Topliss-reactive ketones (excluding diaryl/α,β-unsaturated/α-hetero) is 2. The lowest BCUT2D eigenvalue weighted by atomic mass is 10.1. The molecule has 1 aromatic heterocycles. The summed E-state index contributed by atoms with van der Waals surface area (Å²) < 4.78 is 31.3. The predicted octanol–water partition coefficient (Wildman–Crippen LogP) is 3.54. The van der Waals surface area contributed by atoms with Gasteiger partial charge in [-0.05, 0) is 51.5 Å². The standard InChI is InChI=1S/C18H17F2NO4/c1-8-15(10(3)22)9(2)21-16(8)18(24)25-11(4)17(23)12-5-6-13(19)14(20)7-12/h5-7,11,21H,1-4H3/t11-/m1/s1. The van der Waals surface area contributed by atoms with Gasteiger partial charge in [-0.3, -0.25) is 9.59 Å². The highest BCUT2D eigenvalue weighted by Crippen LogP contribution is 2.20. The number of ether oxygens (including phenoxy) is 1. The maximum absolute atomic E-state index is 13.2. The van der Waals surface area contributed by atoms with Crippen LogP contribution in [0, 0.1) is 25.5 Å². The second-order valence-electron chi connectivity index (χ2n) is 5.72. The Hall–Kier alpha value is -2.83. The molecule has 0 spiro atoms. The highest BCUT2D eigenvalue weighted by Gasteiger charge is 2.25. The van der Waals surface area contributed by atoms with Gasteiger partial charge in [0.05, 0.1) is 0 Å². The van der Waals surface area contributed by atoms with Crippen LogP contribution in [0.25, 0.3) is 0 Å². The second kappa shape index (κ2) is 6.96. The molecule has 1 N–H and O–H groups in total. The number of carbonyl (C=O) groups excluding carboxylic acids is 3. The van der Waals surface area contributed by atoms with Crippen molar-refractivity contribution in [3.05, 3.63) is 57.9 Å². The molecule has 0 aliphatic carbocycles. The molecule has 25 heavy (non-hydrogen) atoms. The number of aromatic amines is 1. The minimum Gasteiger partial charge on any atom is -0.450 e. The van der Waals surface area contributed by atoms with Gasteiger partial charge in [0.25, 0.3) is 0 Å². The zero-order chi connectivity index (χ0) is 18.9. The zero-order valence-corrected chi connectivity index (χ0v) is 14.2. The van der Waals surface area contributed by atoms with Crippen LogP contribution in [0.2, 0.25) is 0 Å². The van der Waals surface area contributed by atoms with Crippen molar-refractivity contribution in [1.29, 1.82) is 0 Å². The van der Waals surface area contributed by atoms with Crippen LogP contribution < -0.4 is 0 Å². The summed E-state index contributed by atoms with van der Waals surface area (Å²) in [5.41, 5.74) is 1.32. The van der Waals surface area contributed by atoms with Crippen molar-refractivity contribution >= 4 is 17.5 Å². The van der Waals surface area contributed by atoms with E-state index < -0.39 is 29.5 Å². The first-order valence-corrected chi connectivity index (χ1v) is 7.53. The summed E-state index contributed by atoms with van der Waals surface area (Å²) in [7, 11) is 0. The number of benzene rings is 1. The van der Waals surface area contributed by atoms with Crippen LogP contribution in [-0.4, -0.2) is 28.6 Å². The fourth-order valence-electron chi connectivity index (χ4n) is 2.64. The molecule has 7 heteroatoms. The van der Waals surface area contributed by atoms with Crippen LogP contribution in [0.4, 0.5) is 8.78 Å². The smallest absolute Gasteiger partial charge is 0.355 e. The largest absolute Gasteiger partial charge is 0.450 e. The zero-order valence-electron chi connectivity index (χ0n) is 14.2. The van der Waals surface area contributed by atoms with E-state index in [4.69, 9.17) is 4.74 Å². The topological polar surface area (TPSA) is 76.2 Å². The number of esters is 1. The average Bonchev–Trinajstić information content (AvgIpc) is 2.84. The van der Waals surface area contributed by atoms with Crippen LogP contribution in [0.15, 0.2) is 18.2 Å². The Kier molecular flexibility index (Phi) is 5.15. The van der Waals surface area contributed by atoms with Gasteiger partial charge in [0, 0.05) is 16.8 Å². The van der Waals surface area contributed by atoms with Crippen LogP contribution >= 0.6 is 0 Å². The fourth-order valence-corrected chi connectivity index (χ4v) is 2.64. The third kappa shape index (κ3) is 3.65. The van der Waals surface area contributed by atoms with Gasteiger partial charge in [0.2, 0.25) is 5.78 Å². The molecule has 0 amide bonds. The van der Waals surface area contributed by atoms with E-state index >= 15 is 0 Å². The van der Waals surface area contributed by atoms with E-state index in [0.29, 0.717) is 16.8 Å². The monoisotopic (exact) mass is 349 g/mol. The molecule has 0 bridgehead atoms. The number of rotatable bonds is 5. The first kappa shape index (κ1) is 18.5. The van der Waals surface area contributed by atoms with Gasteiger partial charge in [0.1, 0.15) is 5.69 Å². The quantitative estimate of drug-likeness (QED) is 0.662. The van der Waals surface area contributed by atoms with Crippen LogP contribution in [0.5, 0.6) is 0 Å². The predicted molar refractivity (Wildman–Crippen MR) is 85.8 cm³/mol. The number of halogens is 2. The van der Waals surface area contributed by atoms with Crippen molar-refractivity contribution in [2.75, 3.05) is 0 Å². The molecule has 0 aliphatic heterocycles. The molecule has 0 radical (unpaired) electrons. The molecular formula is C18H17F2NO4. The number of aromatic nitrogens is 1. The summed E-state index contributed by atoms with van der Waals surface area (Å²) in [5.74, 6) is -3.91. The molecule has 2 rings (SSSR count). The van der Waals surface area contributed by atoms with Crippen LogP contribution in [0.1, 0.15) is 56.3 Å². The Morgan fingerprint density at radius 2 is 1.76 bits per heavy atom. The summed E-state index contributed by atoms with van der Waals surface area (Å²) in [4.78, 5) is 38.9. The summed E-state index contributed by atoms with van der Waals surface area (Å²) in [5, 5.41) is 0. The van der Waals surface area contributed by atoms with E-state index in [0.717, 1.165) is 18.2 Å². The summed E-state index contributed by atoms with van der Waals surface area (Å²) in [6.45, 7) is 5.96. The lowest BCUT2D eigenvalue weighted by Gasteiger charge is -2.12. The van der Waals surface area contributed by atoms with Crippen molar-refractivity contribution in [1.82, 2.24) is 4.98 Å². The number of carbonyl (C=O) groups is 3. The maximum atomic E-state index is 13.2. The van der Waals surface area contributed by atoms with E-state index in [-0.39, 0.29) is 17.0 Å². The molecule has 0 saturated carbocycles. The fraction of sp³-hybridized carbons (Fsp3) is 0.278. The number of hydrogen-bond donors (Lipinski definition) is 1. The highest BCUT2D eigenvalue weighted by atomic mass is 19.2. The molecule has 0 unspecified atom stereocenters. The SMILES string of the molecule is CC(=O)c1c(C)[nH]c(C(=O)O[C@H](C)C(=O)c2ccc(F)c(F)c2)c1C. The molecule has 2 aromatic rings. The van der Waals surface area contributed by atoms with Gasteiger partial charge in [-0.25, -0.2) is 13.6 Å².